The molecular weight excluding hydrogens is 383 g/mol. The predicted octanol–water partition coefficient (Wildman–Crippen LogP) is 2.45. The first-order valence-electron chi connectivity index (χ1n) is 8.82. The normalized spacial score (nSPS) is 17.6. The zero-order valence-corrected chi connectivity index (χ0v) is 16.3. The number of aromatic nitrogens is 4. The van der Waals surface area contributed by atoms with E-state index in [1.54, 1.807) is 9.96 Å². The molecule has 0 N–H and O–H groups in total. The molecule has 3 aromatic rings. The quantitative estimate of drug-likeness (QED) is 0.670. The summed E-state index contributed by atoms with van der Waals surface area (Å²) in [5.74, 6) is -0.780. The molecule has 10 heteroatoms. The first kappa shape index (κ1) is 18.5. The number of halogens is 1. The van der Waals surface area contributed by atoms with Crippen molar-refractivity contribution in [1.29, 1.82) is 0 Å². The van der Waals surface area contributed by atoms with Gasteiger partial charge >= 0.3 is 0 Å². The average Bonchev–Trinajstić information content (AvgIpc) is 3.32. The lowest BCUT2D eigenvalue weighted by Gasteiger charge is -2.26. The number of thiazole rings is 1. The number of aryl methyl sites for hydroxylation is 1. The highest BCUT2D eigenvalue weighted by atomic mass is 32.1. The topological polar surface area (TPSA) is 76.4 Å². The van der Waals surface area contributed by atoms with Gasteiger partial charge in [0.05, 0.1) is 48.5 Å². The Kier molecular flexibility index (Phi) is 5.05. The molecule has 1 amide bonds. The molecule has 28 heavy (non-hydrogen) atoms. The van der Waals surface area contributed by atoms with Gasteiger partial charge in [-0.15, -0.1) is 11.3 Å². The monoisotopic (exact) mass is 402 g/mol. The van der Waals surface area contributed by atoms with E-state index in [1.165, 1.54) is 46.7 Å². The van der Waals surface area contributed by atoms with Crippen molar-refractivity contribution >= 4 is 22.4 Å². The minimum absolute atomic E-state index is 0.194. The smallest absolute Gasteiger partial charge is 0.256 e. The van der Waals surface area contributed by atoms with Crippen LogP contribution < -0.4 is 5.06 Å². The molecule has 1 aliphatic heterocycles. The summed E-state index contributed by atoms with van der Waals surface area (Å²) >= 11 is 1.49. The second-order valence-corrected chi connectivity index (χ2v) is 7.33. The number of benzene rings is 1. The van der Waals surface area contributed by atoms with Crippen molar-refractivity contribution in [1.82, 2.24) is 24.9 Å². The van der Waals surface area contributed by atoms with Crippen molar-refractivity contribution in [2.75, 3.05) is 24.8 Å². The molecule has 0 saturated carbocycles. The maximum Gasteiger partial charge on any atom is 0.256 e. The van der Waals surface area contributed by atoms with Crippen LogP contribution in [0.2, 0.25) is 0 Å². The Hall–Kier alpha value is -2.85. The minimum atomic E-state index is -0.488. The second kappa shape index (κ2) is 7.64. The molecule has 0 spiro atoms. The minimum Gasteiger partial charge on any atom is -0.332 e. The van der Waals surface area contributed by atoms with Crippen molar-refractivity contribution in [3.05, 3.63) is 53.0 Å². The van der Waals surface area contributed by atoms with Gasteiger partial charge in [0.25, 0.3) is 5.91 Å². The van der Waals surface area contributed by atoms with E-state index in [2.05, 4.69) is 15.2 Å². The first-order valence-corrected chi connectivity index (χ1v) is 9.70. The first-order chi connectivity index (χ1) is 13.5. The third-order valence-electron chi connectivity index (χ3n) is 4.45. The highest BCUT2D eigenvalue weighted by Crippen LogP contribution is 2.24. The molecular formula is C18H19FN6O2S. The van der Waals surface area contributed by atoms with E-state index in [4.69, 9.17) is 4.84 Å². The fourth-order valence-electron chi connectivity index (χ4n) is 3.03. The van der Waals surface area contributed by atoms with Crippen LogP contribution in [0.1, 0.15) is 23.0 Å². The van der Waals surface area contributed by atoms with Crippen LogP contribution in [-0.4, -0.2) is 56.5 Å². The summed E-state index contributed by atoms with van der Waals surface area (Å²) < 4.78 is 13.9. The van der Waals surface area contributed by atoms with Crippen molar-refractivity contribution in [3.8, 4) is 5.69 Å². The molecule has 3 heterocycles. The maximum atomic E-state index is 13.9. The number of nitrogens with zero attached hydrogens (tertiary/aromatic N) is 6. The summed E-state index contributed by atoms with van der Waals surface area (Å²) in [7, 11) is 0. The third-order valence-corrected chi connectivity index (χ3v) is 5.42. The number of carbonyl (C=O) groups is 1. The number of hydrogen-bond donors (Lipinski definition) is 0. The maximum absolute atomic E-state index is 13.9. The molecule has 1 aromatic carbocycles. The van der Waals surface area contributed by atoms with Gasteiger partial charge in [0.1, 0.15) is 5.82 Å². The lowest BCUT2D eigenvalue weighted by Crippen LogP contribution is -2.41. The lowest BCUT2D eigenvalue weighted by atomic mass is 10.1. The fourth-order valence-corrected chi connectivity index (χ4v) is 3.82. The van der Waals surface area contributed by atoms with Gasteiger partial charge in [0.2, 0.25) is 5.13 Å². The fraction of sp³-hybridized carbons (Fsp3) is 0.333. The van der Waals surface area contributed by atoms with Crippen LogP contribution >= 0.6 is 11.3 Å². The molecule has 1 fully saturated rings. The molecule has 1 atom stereocenters. The standard InChI is InChI=1S/C18H19FN6O2S/c1-12-11-28-18(22-12)24-8-7-23(13(2)10-27-24)17(26)15-9-14(19)3-4-16(15)25-20-5-6-21-25/h3-6,9,11,13H,7-8,10H2,1-2H3/t13-/m1/s1. The zero-order chi connectivity index (χ0) is 19.7. The Morgan fingerprint density at radius 3 is 2.79 bits per heavy atom. The molecule has 0 unspecified atom stereocenters. The van der Waals surface area contributed by atoms with E-state index in [0.717, 1.165) is 10.8 Å². The molecule has 2 aromatic heterocycles. The predicted molar refractivity (Wildman–Crippen MR) is 102 cm³/mol. The Labute approximate surface area is 165 Å². The van der Waals surface area contributed by atoms with Crippen LogP contribution in [0.25, 0.3) is 5.69 Å². The van der Waals surface area contributed by atoms with Gasteiger partial charge in [-0.2, -0.15) is 15.0 Å². The summed E-state index contributed by atoms with van der Waals surface area (Å²) in [6, 6.07) is 3.82. The van der Waals surface area contributed by atoms with Gasteiger partial charge in [-0.1, -0.05) is 0 Å². The van der Waals surface area contributed by atoms with Crippen LogP contribution in [-0.2, 0) is 4.84 Å². The molecule has 1 aliphatic rings. The Bertz CT molecular complexity index is 976. The Morgan fingerprint density at radius 1 is 1.29 bits per heavy atom. The summed E-state index contributed by atoms with van der Waals surface area (Å²) in [6.45, 7) is 5.02. The van der Waals surface area contributed by atoms with E-state index in [9.17, 15) is 9.18 Å². The van der Waals surface area contributed by atoms with E-state index in [1.807, 2.05) is 19.2 Å². The highest BCUT2D eigenvalue weighted by molar-refractivity contribution is 7.13. The molecule has 1 saturated heterocycles. The average molecular weight is 402 g/mol. The molecule has 0 aliphatic carbocycles. The van der Waals surface area contributed by atoms with Gasteiger partial charge in [0.15, 0.2) is 0 Å². The van der Waals surface area contributed by atoms with Crippen LogP contribution in [0.3, 0.4) is 0 Å². The number of rotatable bonds is 3. The van der Waals surface area contributed by atoms with E-state index in [0.29, 0.717) is 25.4 Å². The molecule has 4 rings (SSSR count). The lowest BCUT2D eigenvalue weighted by molar-refractivity contribution is 0.0601. The van der Waals surface area contributed by atoms with Gasteiger partial charge < -0.3 is 4.90 Å². The van der Waals surface area contributed by atoms with Crippen molar-refractivity contribution in [3.63, 3.8) is 0 Å². The van der Waals surface area contributed by atoms with Crippen molar-refractivity contribution in [2.45, 2.75) is 19.9 Å². The SMILES string of the molecule is Cc1csc(N2CCN(C(=O)c3cc(F)ccc3-n3nccn3)[C@H](C)CO2)n1. The summed E-state index contributed by atoms with van der Waals surface area (Å²) in [5, 5.41) is 12.6. The van der Waals surface area contributed by atoms with Crippen molar-refractivity contribution < 1.29 is 14.0 Å². The number of carbonyl (C=O) groups excluding carboxylic acids is 1. The van der Waals surface area contributed by atoms with Gasteiger partial charge in [-0.05, 0) is 32.0 Å². The molecule has 0 bridgehead atoms. The summed E-state index contributed by atoms with van der Waals surface area (Å²) in [4.78, 5) is 26.6. The number of hydrogen-bond acceptors (Lipinski definition) is 7. The third kappa shape index (κ3) is 3.60. The van der Waals surface area contributed by atoms with Crippen LogP contribution in [0.4, 0.5) is 9.52 Å². The Balaban J connectivity index is 1.60. The van der Waals surface area contributed by atoms with Gasteiger partial charge in [-0.3, -0.25) is 9.63 Å². The zero-order valence-electron chi connectivity index (χ0n) is 15.4. The summed E-state index contributed by atoms with van der Waals surface area (Å²) in [6.07, 6.45) is 3.02. The molecule has 146 valence electrons. The number of hydroxylamine groups is 1. The van der Waals surface area contributed by atoms with Crippen LogP contribution in [0.5, 0.6) is 0 Å². The van der Waals surface area contributed by atoms with E-state index in [-0.39, 0.29) is 17.5 Å². The second-order valence-electron chi connectivity index (χ2n) is 6.50. The summed E-state index contributed by atoms with van der Waals surface area (Å²) in [5.41, 5.74) is 1.56. The van der Waals surface area contributed by atoms with Crippen LogP contribution in [0, 0.1) is 12.7 Å². The highest BCUT2D eigenvalue weighted by Gasteiger charge is 2.29. The van der Waals surface area contributed by atoms with E-state index < -0.39 is 5.82 Å². The number of anilines is 1. The van der Waals surface area contributed by atoms with Crippen LogP contribution in [0.15, 0.2) is 36.0 Å². The largest absolute Gasteiger partial charge is 0.332 e. The van der Waals surface area contributed by atoms with Gasteiger partial charge in [-0.25, -0.2) is 14.4 Å². The Morgan fingerprint density at radius 2 is 2.07 bits per heavy atom. The van der Waals surface area contributed by atoms with Gasteiger partial charge in [0, 0.05) is 11.9 Å². The molecule has 8 nitrogen and oxygen atoms in total. The van der Waals surface area contributed by atoms with E-state index >= 15 is 0 Å². The van der Waals surface area contributed by atoms with Crippen molar-refractivity contribution in [2.24, 2.45) is 0 Å². The molecule has 0 radical (unpaired) electrons. The number of amides is 1.